The number of fused-ring (bicyclic) bond motifs is 1. The standard InChI is InChI=1S/C24H20Cl2N4O4S2/c25-19-12-17(28-24(32)29-36(33,34)22-8-7-21(26)35-22)4-6-20(19)30-10-9-15-11-16(27-13-14-1-2-14)3-5-18(15)23(30)31/h3-12,14,27H,1-2,13H2,(H2,28,29,32). The molecule has 3 N–H and O–H groups in total. The van der Waals surface area contributed by atoms with Crippen LogP contribution in [0, 0.1) is 5.92 Å². The van der Waals surface area contributed by atoms with Crippen molar-refractivity contribution in [2.75, 3.05) is 17.2 Å². The number of thiophene rings is 1. The maximum absolute atomic E-state index is 13.2. The number of anilines is 2. The molecule has 2 aromatic carbocycles. The lowest BCUT2D eigenvalue weighted by atomic mass is 10.1. The number of benzene rings is 2. The van der Waals surface area contributed by atoms with Gasteiger partial charge in [-0.15, -0.1) is 11.3 Å². The van der Waals surface area contributed by atoms with Crippen LogP contribution >= 0.6 is 34.5 Å². The molecule has 0 aliphatic heterocycles. The van der Waals surface area contributed by atoms with Crippen LogP contribution < -0.4 is 20.9 Å². The summed E-state index contributed by atoms with van der Waals surface area (Å²) in [6.07, 6.45) is 4.16. The van der Waals surface area contributed by atoms with Gasteiger partial charge in [0, 0.05) is 29.5 Å². The Bertz CT molecular complexity index is 1650. The van der Waals surface area contributed by atoms with Gasteiger partial charge in [0.2, 0.25) is 0 Å². The van der Waals surface area contributed by atoms with Crippen LogP contribution in [0.2, 0.25) is 9.36 Å². The second kappa shape index (κ2) is 9.78. The topological polar surface area (TPSA) is 109 Å². The maximum atomic E-state index is 13.2. The highest BCUT2D eigenvalue weighted by Crippen LogP contribution is 2.30. The Labute approximate surface area is 220 Å². The summed E-state index contributed by atoms with van der Waals surface area (Å²) in [4.78, 5) is 25.4. The monoisotopic (exact) mass is 562 g/mol. The number of nitrogens with zero attached hydrogens (tertiary/aromatic N) is 1. The Kier molecular flexibility index (Phi) is 6.69. The summed E-state index contributed by atoms with van der Waals surface area (Å²) in [6.45, 7) is 0.935. The van der Waals surface area contributed by atoms with Crippen molar-refractivity contribution in [3.63, 3.8) is 0 Å². The fourth-order valence-corrected chi connectivity index (χ4v) is 6.34. The molecular weight excluding hydrogens is 543 g/mol. The molecule has 1 aliphatic carbocycles. The van der Waals surface area contributed by atoms with E-state index in [4.69, 9.17) is 23.2 Å². The number of carbonyl (C=O) groups excluding carboxylic acids is 1. The van der Waals surface area contributed by atoms with Crippen molar-refractivity contribution in [2.45, 2.75) is 17.1 Å². The van der Waals surface area contributed by atoms with Gasteiger partial charge in [-0.1, -0.05) is 23.2 Å². The van der Waals surface area contributed by atoms with Gasteiger partial charge < -0.3 is 10.6 Å². The zero-order valence-corrected chi connectivity index (χ0v) is 21.8. The first-order valence-corrected chi connectivity index (χ1v) is 14.0. The fourth-order valence-electron chi connectivity index (χ4n) is 3.68. The molecule has 5 rings (SSSR count). The molecule has 8 nitrogen and oxygen atoms in total. The average molecular weight is 563 g/mol. The molecule has 0 unspecified atom stereocenters. The van der Waals surface area contributed by atoms with E-state index in [2.05, 4.69) is 10.6 Å². The van der Waals surface area contributed by atoms with Crippen LogP contribution in [-0.4, -0.2) is 25.6 Å². The third kappa shape index (κ3) is 5.36. The molecule has 186 valence electrons. The molecule has 0 spiro atoms. The molecule has 2 heterocycles. The van der Waals surface area contributed by atoms with Gasteiger partial charge in [-0.25, -0.2) is 17.9 Å². The lowest BCUT2D eigenvalue weighted by molar-refractivity contribution is 0.256. The van der Waals surface area contributed by atoms with E-state index in [-0.39, 0.29) is 24.8 Å². The van der Waals surface area contributed by atoms with E-state index < -0.39 is 16.1 Å². The van der Waals surface area contributed by atoms with Gasteiger partial charge >= 0.3 is 6.03 Å². The molecule has 1 fully saturated rings. The second-order valence-corrected chi connectivity index (χ2v) is 12.4. The lowest BCUT2D eigenvalue weighted by Crippen LogP contribution is -2.33. The third-order valence-corrected chi connectivity index (χ3v) is 9.06. The molecule has 1 aliphatic rings. The minimum absolute atomic E-state index is 0.0856. The van der Waals surface area contributed by atoms with E-state index >= 15 is 0 Å². The molecular formula is C24H20Cl2N4O4S2. The molecule has 2 amide bonds. The normalized spacial score (nSPS) is 13.5. The lowest BCUT2D eigenvalue weighted by Gasteiger charge is -2.13. The largest absolute Gasteiger partial charge is 0.385 e. The van der Waals surface area contributed by atoms with Crippen molar-refractivity contribution in [3.05, 3.63) is 80.5 Å². The Morgan fingerprint density at radius 2 is 1.81 bits per heavy atom. The van der Waals surface area contributed by atoms with Crippen LogP contribution in [0.5, 0.6) is 0 Å². The first-order chi connectivity index (χ1) is 17.2. The third-order valence-electron chi connectivity index (χ3n) is 5.70. The number of amides is 2. The van der Waals surface area contributed by atoms with E-state index in [1.165, 1.54) is 41.7 Å². The minimum atomic E-state index is -4.07. The van der Waals surface area contributed by atoms with Crippen LogP contribution in [0.1, 0.15) is 12.8 Å². The Morgan fingerprint density at radius 3 is 2.50 bits per heavy atom. The van der Waals surface area contributed by atoms with Crippen LogP contribution in [0.25, 0.3) is 16.5 Å². The molecule has 0 bridgehead atoms. The predicted molar refractivity (Wildman–Crippen MR) is 144 cm³/mol. The second-order valence-electron chi connectivity index (χ2n) is 8.40. The summed E-state index contributed by atoms with van der Waals surface area (Å²) in [5, 5.41) is 7.40. The number of hydrogen-bond donors (Lipinski definition) is 3. The van der Waals surface area contributed by atoms with Gasteiger partial charge in [0.25, 0.3) is 15.6 Å². The Balaban J connectivity index is 1.33. The van der Waals surface area contributed by atoms with Gasteiger partial charge in [0.05, 0.1) is 15.0 Å². The molecule has 0 atom stereocenters. The minimum Gasteiger partial charge on any atom is -0.385 e. The number of rotatable bonds is 7. The maximum Gasteiger partial charge on any atom is 0.333 e. The average Bonchev–Trinajstić information content (AvgIpc) is 3.55. The summed E-state index contributed by atoms with van der Waals surface area (Å²) in [6, 6.07) is 13.8. The molecule has 36 heavy (non-hydrogen) atoms. The van der Waals surface area contributed by atoms with Crippen molar-refractivity contribution in [1.82, 2.24) is 9.29 Å². The first kappa shape index (κ1) is 24.6. The molecule has 12 heteroatoms. The van der Waals surface area contributed by atoms with Crippen LogP contribution in [0.4, 0.5) is 16.2 Å². The van der Waals surface area contributed by atoms with E-state index in [0.717, 1.165) is 34.9 Å². The van der Waals surface area contributed by atoms with Gasteiger partial charge in [-0.3, -0.25) is 9.36 Å². The number of nitrogens with one attached hydrogen (secondary N) is 3. The van der Waals surface area contributed by atoms with Crippen molar-refractivity contribution >= 4 is 72.7 Å². The number of hydrogen-bond acceptors (Lipinski definition) is 6. The zero-order chi connectivity index (χ0) is 25.4. The van der Waals surface area contributed by atoms with E-state index in [9.17, 15) is 18.0 Å². The molecule has 0 saturated heterocycles. The van der Waals surface area contributed by atoms with Gasteiger partial charge in [0.15, 0.2) is 0 Å². The van der Waals surface area contributed by atoms with Crippen molar-refractivity contribution in [2.24, 2.45) is 5.92 Å². The summed E-state index contributed by atoms with van der Waals surface area (Å²) in [5.41, 5.74) is 1.41. The smallest absolute Gasteiger partial charge is 0.333 e. The number of pyridine rings is 1. The summed E-state index contributed by atoms with van der Waals surface area (Å²) in [5.74, 6) is 0.740. The van der Waals surface area contributed by atoms with Crippen molar-refractivity contribution in [1.29, 1.82) is 0 Å². The van der Waals surface area contributed by atoms with E-state index in [1.807, 2.05) is 22.9 Å². The zero-order valence-electron chi connectivity index (χ0n) is 18.6. The van der Waals surface area contributed by atoms with E-state index in [1.54, 1.807) is 18.3 Å². The first-order valence-electron chi connectivity index (χ1n) is 11.0. The van der Waals surface area contributed by atoms with Gasteiger partial charge in [-0.2, -0.15) is 0 Å². The Hall–Kier alpha value is -3.05. The van der Waals surface area contributed by atoms with Gasteiger partial charge in [0.1, 0.15) is 4.21 Å². The fraction of sp³-hybridized carbons (Fsp3) is 0.167. The number of sulfonamides is 1. The van der Waals surface area contributed by atoms with Gasteiger partial charge in [-0.05, 0) is 78.7 Å². The SMILES string of the molecule is O=C(Nc1ccc(-n2ccc3cc(NCC4CC4)ccc3c2=O)c(Cl)c1)NS(=O)(=O)c1ccc(Cl)s1. The highest BCUT2D eigenvalue weighted by molar-refractivity contribution is 7.92. The van der Waals surface area contributed by atoms with Crippen molar-refractivity contribution in [3.8, 4) is 5.69 Å². The quantitative estimate of drug-likeness (QED) is 0.268. The van der Waals surface area contributed by atoms with Crippen LogP contribution in [0.3, 0.4) is 0 Å². The number of halogens is 2. The van der Waals surface area contributed by atoms with Crippen LogP contribution in [-0.2, 0) is 10.0 Å². The number of carbonyl (C=O) groups is 1. The highest BCUT2D eigenvalue weighted by atomic mass is 35.5. The summed E-state index contributed by atoms with van der Waals surface area (Å²) in [7, 11) is -4.07. The predicted octanol–water partition coefficient (Wildman–Crippen LogP) is 5.69. The molecule has 2 aromatic heterocycles. The Morgan fingerprint density at radius 1 is 1.03 bits per heavy atom. The molecule has 4 aromatic rings. The van der Waals surface area contributed by atoms with E-state index in [0.29, 0.717) is 11.1 Å². The highest BCUT2D eigenvalue weighted by Gasteiger charge is 2.21. The molecule has 0 radical (unpaired) electrons. The van der Waals surface area contributed by atoms with Crippen molar-refractivity contribution < 1.29 is 13.2 Å². The van der Waals surface area contributed by atoms with Crippen LogP contribution in [0.15, 0.2) is 69.8 Å². The number of aromatic nitrogens is 1. The number of urea groups is 1. The summed E-state index contributed by atoms with van der Waals surface area (Å²) < 4.78 is 28.1. The molecule has 1 saturated carbocycles. The summed E-state index contributed by atoms with van der Waals surface area (Å²) >= 11 is 13.0.